The molecule has 3 heterocycles. The number of aromatic amines is 1. The Balaban J connectivity index is 1.52. The minimum Gasteiger partial charge on any atom is -0.453 e. The van der Waals surface area contributed by atoms with Crippen molar-refractivity contribution in [3.05, 3.63) is 63.3 Å². The number of ether oxygens (including phenoxy) is 1. The minimum absolute atomic E-state index is 0.0742. The highest BCUT2D eigenvalue weighted by atomic mass is 35.5. The van der Waals surface area contributed by atoms with Crippen LogP contribution in [0.1, 0.15) is 37.2 Å². The summed E-state index contributed by atoms with van der Waals surface area (Å²) in [6.45, 7) is -0.118. The average molecular weight is 588 g/mol. The summed E-state index contributed by atoms with van der Waals surface area (Å²) >= 11 is 6.32. The first-order chi connectivity index (χ1) is 19.6. The van der Waals surface area contributed by atoms with Gasteiger partial charge < -0.3 is 25.3 Å². The molecule has 1 unspecified atom stereocenters. The zero-order valence-corrected chi connectivity index (χ0v) is 23.6. The zero-order chi connectivity index (χ0) is 29.7. The molecule has 1 saturated carbocycles. The van der Waals surface area contributed by atoms with E-state index in [2.05, 4.69) is 30.3 Å². The Morgan fingerprint density at radius 2 is 2.07 bits per heavy atom. The van der Waals surface area contributed by atoms with E-state index in [0.717, 1.165) is 26.1 Å². The van der Waals surface area contributed by atoms with Crippen LogP contribution in [0, 0.1) is 11.7 Å². The summed E-state index contributed by atoms with van der Waals surface area (Å²) in [6, 6.07) is 1.71. The molecule has 0 saturated heterocycles. The number of fused-ring (bicyclic) bond motifs is 1. The van der Waals surface area contributed by atoms with Gasteiger partial charge in [0.05, 0.1) is 31.1 Å². The molecule has 3 aromatic heterocycles. The van der Waals surface area contributed by atoms with Gasteiger partial charge in [0.2, 0.25) is 11.8 Å². The number of methoxy groups -OCH3 is 1. The van der Waals surface area contributed by atoms with E-state index in [-0.39, 0.29) is 41.7 Å². The first-order valence-electron chi connectivity index (χ1n) is 13.0. The molecule has 3 aromatic rings. The lowest BCUT2D eigenvalue weighted by Crippen LogP contribution is -2.44. The monoisotopic (exact) mass is 587 g/mol. The van der Waals surface area contributed by atoms with Gasteiger partial charge >= 0.3 is 6.09 Å². The molecule has 1 aliphatic rings. The summed E-state index contributed by atoms with van der Waals surface area (Å²) in [4.78, 5) is 63.0. The Morgan fingerprint density at radius 3 is 2.76 bits per heavy atom. The van der Waals surface area contributed by atoms with Gasteiger partial charge in [-0.25, -0.2) is 14.2 Å². The van der Waals surface area contributed by atoms with Crippen molar-refractivity contribution < 1.29 is 23.5 Å². The molecule has 0 radical (unpaired) electrons. The van der Waals surface area contributed by atoms with E-state index >= 15 is 0 Å². The number of carbonyl (C=O) groups is 3. The van der Waals surface area contributed by atoms with Gasteiger partial charge in [0, 0.05) is 14.1 Å². The number of allylic oxidation sites excluding steroid dienone is 1. The Kier molecular flexibility index (Phi) is 9.38. The number of imidazole rings is 1. The number of nitrogens with zero attached hydrogens (tertiary/aromatic N) is 4. The Morgan fingerprint density at radius 1 is 1.32 bits per heavy atom. The largest absolute Gasteiger partial charge is 0.453 e. The van der Waals surface area contributed by atoms with Crippen molar-refractivity contribution in [1.29, 1.82) is 0 Å². The van der Waals surface area contributed by atoms with Crippen LogP contribution in [0.4, 0.5) is 14.9 Å². The summed E-state index contributed by atoms with van der Waals surface area (Å²) in [5, 5.41) is 5.04. The summed E-state index contributed by atoms with van der Waals surface area (Å²) in [6.07, 6.45) is 6.59. The lowest BCUT2D eigenvalue weighted by molar-refractivity contribution is -0.123. The number of aromatic nitrogens is 4. The first kappa shape index (κ1) is 29.7. The number of hydrogen-bond donors (Lipinski definition) is 3. The number of pyridine rings is 2. The van der Waals surface area contributed by atoms with Crippen molar-refractivity contribution in [2.75, 3.05) is 26.5 Å². The molecule has 12 nitrogen and oxygen atoms in total. The molecule has 41 heavy (non-hydrogen) atoms. The SMILES string of the molecule is COC(=O)NC(CC/C=C/C(=O)N(C)C)C(=O)Nc1ccc(Cl)n(Cc2nc3c(F)cnc(CC4CC4)c3[nH]2)c1=O. The van der Waals surface area contributed by atoms with Crippen LogP contribution in [0.5, 0.6) is 0 Å². The van der Waals surface area contributed by atoms with Gasteiger partial charge in [-0.15, -0.1) is 0 Å². The Bertz CT molecular complexity index is 1550. The van der Waals surface area contributed by atoms with Crippen LogP contribution in [-0.2, 0) is 27.3 Å². The van der Waals surface area contributed by atoms with Crippen LogP contribution in [0.25, 0.3) is 11.0 Å². The smallest absolute Gasteiger partial charge is 0.407 e. The Hall–Kier alpha value is -4.26. The third kappa shape index (κ3) is 7.48. The fourth-order valence-corrected chi connectivity index (χ4v) is 4.32. The van der Waals surface area contributed by atoms with E-state index < -0.39 is 29.4 Å². The summed E-state index contributed by atoms with van der Waals surface area (Å²) in [5.74, 6) is -0.659. The maximum Gasteiger partial charge on any atom is 0.407 e. The normalized spacial score (nSPS) is 13.8. The molecule has 3 N–H and O–H groups in total. The first-order valence-corrected chi connectivity index (χ1v) is 13.4. The molecule has 14 heteroatoms. The molecule has 0 spiro atoms. The fraction of sp³-hybridized carbons (Fsp3) is 0.407. The molecule has 1 aliphatic carbocycles. The second kappa shape index (κ2) is 12.9. The van der Waals surface area contributed by atoms with E-state index in [9.17, 15) is 23.6 Å². The maximum absolute atomic E-state index is 14.5. The van der Waals surface area contributed by atoms with Crippen molar-refractivity contribution in [3.63, 3.8) is 0 Å². The number of H-pyrrole nitrogens is 1. The highest BCUT2D eigenvalue weighted by Crippen LogP contribution is 2.33. The molecule has 3 amide bonds. The lowest BCUT2D eigenvalue weighted by Gasteiger charge is -2.17. The van der Waals surface area contributed by atoms with E-state index in [1.807, 2.05) is 0 Å². The number of alkyl carbamates (subject to hydrolysis) is 1. The number of nitrogens with one attached hydrogen (secondary N) is 3. The molecular weight excluding hydrogens is 557 g/mol. The van der Waals surface area contributed by atoms with Gasteiger partial charge in [-0.3, -0.25) is 23.9 Å². The van der Waals surface area contributed by atoms with E-state index in [4.69, 9.17) is 11.6 Å². The third-order valence-corrected chi connectivity index (χ3v) is 6.91. The van der Waals surface area contributed by atoms with Crippen LogP contribution < -0.4 is 16.2 Å². The fourth-order valence-electron chi connectivity index (χ4n) is 4.12. The molecule has 4 rings (SSSR count). The van der Waals surface area contributed by atoms with Crippen LogP contribution in [-0.4, -0.2) is 69.6 Å². The standard InChI is InChI=1S/C27H31ClFN7O5/c1-35(2)22(37)7-5-4-6-17(32-27(40)41-3)25(38)31-18-10-11-20(28)36(26(18)39)14-21-33-23-16(29)13-30-19(24(23)34-21)12-15-8-9-15/h5,7,10-11,13,15,17H,4,6,8-9,12,14H2,1-3H3,(H,31,38)(H,32,40)(H,33,34)/b7-5+. The van der Waals surface area contributed by atoms with Gasteiger partial charge in [-0.1, -0.05) is 17.7 Å². The zero-order valence-electron chi connectivity index (χ0n) is 22.9. The second-order valence-electron chi connectivity index (χ2n) is 9.96. The van der Waals surface area contributed by atoms with E-state index in [0.29, 0.717) is 29.4 Å². The average Bonchev–Trinajstić information content (AvgIpc) is 3.66. The number of anilines is 1. The van der Waals surface area contributed by atoms with Crippen molar-refractivity contribution in [2.24, 2.45) is 5.92 Å². The number of hydrogen-bond acceptors (Lipinski definition) is 7. The van der Waals surface area contributed by atoms with Gasteiger partial charge in [0.15, 0.2) is 5.82 Å². The molecule has 0 aliphatic heterocycles. The Labute approximate surface area is 239 Å². The maximum atomic E-state index is 14.5. The molecular formula is C27H31ClFN7O5. The minimum atomic E-state index is -1.07. The van der Waals surface area contributed by atoms with Crippen LogP contribution in [0.3, 0.4) is 0 Å². The van der Waals surface area contributed by atoms with Gasteiger partial charge in [0.1, 0.15) is 28.2 Å². The van der Waals surface area contributed by atoms with E-state index in [1.165, 1.54) is 27.7 Å². The van der Waals surface area contributed by atoms with Crippen molar-refractivity contribution in [2.45, 2.75) is 44.7 Å². The quantitative estimate of drug-likeness (QED) is 0.230. The molecule has 0 aromatic carbocycles. The summed E-state index contributed by atoms with van der Waals surface area (Å²) in [5.41, 5.74) is 0.618. The van der Waals surface area contributed by atoms with Gasteiger partial charge in [0.25, 0.3) is 5.56 Å². The number of carbonyl (C=O) groups excluding carboxylic acids is 3. The van der Waals surface area contributed by atoms with Crippen molar-refractivity contribution in [1.82, 2.24) is 29.7 Å². The molecule has 0 bridgehead atoms. The highest BCUT2D eigenvalue weighted by Gasteiger charge is 2.25. The van der Waals surface area contributed by atoms with Crippen LogP contribution >= 0.6 is 11.6 Å². The van der Waals surface area contributed by atoms with Crippen LogP contribution in [0.2, 0.25) is 5.15 Å². The molecule has 1 atom stereocenters. The van der Waals surface area contributed by atoms with Crippen LogP contribution in [0.15, 0.2) is 35.3 Å². The van der Waals surface area contributed by atoms with Gasteiger partial charge in [-0.05, 0) is 56.2 Å². The third-order valence-electron chi connectivity index (χ3n) is 6.58. The number of likely N-dealkylation sites (N-methyl/N-ethyl adjacent to an activating group) is 1. The van der Waals surface area contributed by atoms with Crippen molar-refractivity contribution in [3.8, 4) is 0 Å². The van der Waals surface area contributed by atoms with E-state index in [1.54, 1.807) is 20.2 Å². The topological polar surface area (TPSA) is 151 Å². The second-order valence-corrected chi connectivity index (χ2v) is 10.3. The number of halogens is 2. The molecule has 218 valence electrons. The number of rotatable bonds is 11. The molecule has 1 fully saturated rings. The van der Waals surface area contributed by atoms with Gasteiger partial charge in [-0.2, -0.15) is 0 Å². The summed E-state index contributed by atoms with van der Waals surface area (Å²) in [7, 11) is 4.38. The van der Waals surface area contributed by atoms with Crippen molar-refractivity contribution >= 4 is 46.2 Å². The lowest BCUT2D eigenvalue weighted by atomic mass is 10.1. The predicted octanol–water partition coefficient (Wildman–Crippen LogP) is 3.00. The predicted molar refractivity (Wildman–Crippen MR) is 150 cm³/mol. The summed E-state index contributed by atoms with van der Waals surface area (Å²) < 4.78 is 20.3. The number of amides is 3. The highest BCUT2D eigenvalue weighted by molar-refractivity contribution is 6.29.